The molecule has 1 aliphatic rings. The van der Waals surface area contributed by atoms with Crippen molar-refractivity contribution >= 4 is 11.3 Å². The maximum Gasteiger partial charge on any atom is 0.131 e. The lowest BCUT2D eigenvalue weighted by molar-refractivity contribution is 0.184. The highest BCUT2D eigenvalue weighted by Crippen LogP contribution is 2.30. The summed E-state index contributed by atoms with van der Waals surface area (Å²) < 4.78 is 0. The molecule has 0 amide bonds. The van der Waals surface area contributed by atoms with Crippen molar-refractivity contribution in [2.75, 3.05) is 13.2 Å². The van der Waals surface area contributed by atoms with Crippen LogP contribution >= 0.6 is 11.3 Å². The third-order valence-corrected chi connectivity index (χ3v) is 5.12. The number of aromatic nitrogens is 3. The van der Waals surface area contributed by atoms with Gasteiger partial charge in [0.05, 0.1) is 13.2 Å². The van der Waals surface area contributed by atoms with Gasteiger partial charge in [-0.25, -0.2) is 15.0 Å². The number of aliphatic hydroxyl groups excluding tert-OH is 1. The van der Waals surface area contributed by atoms with Crippen molar-refractivity contribution < 1.29 is 5.11 Å². The Labute approximate surface area is 141 Å². The molecule has 0 aromatic carbocycles. The lowest BCUT2D eigenvalue weighted by Crippen LogP contribution is -2.26. The van der Waals surface area contributed by atoms with Gasteiger partial charge in [-0.1, -0.05) is 19.3 Å². The first-order chi connectivity index (χ1) is 11.3. The van der Waals surface area contributed by atoms with E-state index in [0.717, 1.165) is 29.5 Å². The molecule has 0 aliphatic heterocycles. The second kappa shape index (κ2) is 8.47. The fourth-order valence-corrected chi connectivity index (χ4v) is 3.81. The Morgan fingerprint density at radius 3 is 2.52 bits per heavy atom. The van der Waals surface area contributed by atoms with E-state index in [2.05, 4.69) is 19.9 Å². The number of hydrogen-bond donors (Lipinski definition) is 1. The minimum atomic E-state index is 0.145. The predicted octanol–water partition coefficient (Wildman–Crippen LogP) is 2.98. The first-order valence-electron chi connectivity index (χ1n) is 8.37. The van der Waals surface area contributed by atoms with Crippen molar-refractivity contribution in [2.24, 2.45) is 0 Å². The number of hydrogen-bond acceptors (Lipinski definition) is 6. The maximum absolute atomic E-state index is 9.27. The summed E-state index contributed by atoms with van der Waals surface area (Å²) in [5, 5.41) is 12.3. The van der Waals surface area contributed by atoms with E-state index in [0.29, 0.717) is 12.5 Å². The molecule has 6 heteroatoms. The highest BCUT2D eigenvalue weighted by molar-refractivity contribution is 7.09. The van der Waals surface area contributed by atoms with Gasteiger partial charge in [-0.3, -0.25) is 4.90 Å². The van der Waals surface area contributed by atoms with Crippen LogP contribution in [0.2, 0.25) is 0 Å². The molecule has 0 atom stereocenters. The number of rotatable bonds is 7. The fraction of sp³-hybridized carbons (Fsp3) is 0.588. The van der Waals surface area contributed by atoms with Crippen LogP contribution in [0.3, 0.4) is 0 Å². The van der Waals surface area contributed by atoms with E-state index in [9.17, 15) is 5.11 Å². The third-order valence-electron chi connectivity index (χ3n) is 4.36. The summed E-state index contributed by atoms with van der Waals surface area (Å²) in [7, 11) is 0. The SMILES string of the molecule is OCCN(Cc1cnc(C2CCCCC2)nc1)Cc1nccs1. The van der Waals surface area contributed by atoms with Crippen molar-refractivity contribution in [1.29, 1.82) is 0 Å². The van der Waals surface area contributed by atoms with Crippen LogP contribution in [0.15, 0.2) is 24.0 Å². The molecular formula is C17H24N4OS. The molecule has 0 bridgehead atoms. The molecule has 124 valence electrons. The van der Waals surface area contributed by atoms with Gasteiger partial charge in [-0.05, 0) is 12.8 Å². The average Bonchev–Trinajstić information content (AvgIpc) is 3.10. The van der Waals surface area contributed by atoms with Gasteiger partial charge in [-0.15, -0.1) is 11.3 Å². The number of nitrogens with zero attached hydrogens (tertiary/aromatic N) is 4. The Kier molecular flexibility index (Phi) is 6.07. The van der Waals surface area contributed by atoms with Crippen LogP contribution in [0.5, 0.6) is 0 Å². The Balaban J connectivity index is 1.60. The third kappa shape index (κ3) is 4.80. The summed E-state index contributed by atoms with van der Waals surface area (Å²) in [6, 6.07) is 0. The molecule has 1 saturated carbocycles. The van der Waals surface area contributed by atoms with E-state index < -0.39 is 0 Å². The van der Waals surface area contributed by atoms with Crippen LogP contribution in [0.1, 0.15) is 54.4 Å². The zero-order valence-electron chi connectivity index (χ0n) is 13.4. The van der Waals surface area contributed by atoms with Gasteiger partial charge in [0.25, 0.3) is 0 Å². The predicted molar refractivity (Wildman–Crippen MR) is 91.2 cm³/mol. The van der Waals surface area contributed by atoms with Gasteiger partial charge < -0.3 is 5.11 Å². The van der Waals surface area contributed by atoms with Crippen LogP contribution in [-0.4, -0.2) is 38.1 Å². The molecule has 0 spiro atoms. The maximum atomic E-state index is 9.27. The van der Waals surface area contributed by atoms with Gasteiger partial charge >= 0.3 is 0 Å². The van der Waals surface area contributed by atoms with Gasteiger partial charge in [0, 0.05) is 48.5 Å². The van der Waals surface area contributed by atoms with Crippen molar-refractivity contribution in [2.45, 2.75) is 51.1 Å². The summed E-state index contributed by atoms with van der Waals surface area (Å²) in [5.41, 5.74) is 1.09. The molecule has 0 saturated heterocycles. The number of aliphatic hydroxyl groups is 1. The Morgan fingerprint density at radius 2 is 1.87 bits per heavy atom. The van der Waals surface area contributed by atoms with E-state index >= 15 is 0 Å². The smallest absolute Gasteiger partial charge is 0.131 e. The molecule has 2 aromatic heterocycles. The van der Waals surface area contributed by atoms with Gasteiger partial charge in [0.2, 0.25) is 0 Å². The first-order valence-corrected chi connectivity index (χ1v) is 9.25. The second-order valence-electron chi connectivity index (χ2n) is 6.14. The summed E-state index contributed by atoms with van der Waals surface area (Å²) in [6.45, 7) is 2.27. The Hall–Kier alpha value is -1.37. The van der Waals surface area contributed by atoms with E-state index in [1.165, 1.54) is 32.1 Å². The van der Waals surface area contributed by atoms with E-state index in [-0.39, 0.29) is 6.61 Å². The Bertz CT molecular complexity index is 567. The standard InChI is InChI=1S/C17H24N4OS/c22-8-7-21(13-16-18-6-9-23-16)12-14-10-19-17(20-11-14)15-4-2-1-3-5-15/h6,9-11,15,22H,1-5,7-8,12-13H2. The highest BCUT2D eigenvalue weighted by Gasteiger charge is 2.18. The highest BCUT2D eigenvalue weighted by atomic mass is 32.1. The minimum absolute atomic E-state index is 0.145. The van der Waals surface area contributed by atoms with Crippen molar-refractivity contribution in [1.82, 2.24) is 19.9 Å². The van der Waals surface area contributed by atoms with Crippen LogP contribution in [0.4, 0.5) is 0 Å². The monoisotopic (exact) mass is 332 g/mol. The summed E-state index contributed by atoms with van der Waals surface area (Å²) >= 11 is 1.64. The molecule has 0 unspecified atom stereocenters. The molecule has 2 aromatic rings. The molecule has 1 N–H and O–H groups in total. The van der Waals surface area contributed by atoms with Crippen molar-refractivity contribution in [3.05, 3.63) is 40.4 Å². The van der Waals surface area contributed by atoms with Crippen molar-refractivity contribution in [3.63, 3.8) is 0 Å². The van der Waals surface area contributed by atoms with Crippen LogP contribution in [-0.2, 0) is 13.1 Å². The fourth-order valence-electron chi connectivity index (χ4n) is 3.15. The van der Waals surface area contributed by atoms with Gasteiger partial charge in [0.15, 0.2) is 0 Å². The first kappa shape index (κ1) is 16.5. The topological polar surface area (TPSA) is 62.1 Å². The van der Waals surface area contributed by atoms with E-state index in [1.54, 1.807) is 11.3 Å². The van der Waals surface area contributed by atoms with E-state index in [4.69, 9.17) is 0 Å². The molecule has 1 aliphatic carbocycles. The van der Waals surface area contributed by atoms with Crippen LogP contribution in [0, 0.1) is 0 Å². The summed E-state index contributed by atoms with van der Waals surface area (Å²) in [4.78, 5) is 15.7. The van der Waals surface area contributed by atoms with Crippen LogP contribution in [0.25, 0.3) is 0 Å². The van der Waals surface area contributed by atoms with Crippen molar-refractivity contribution in [3.8, 4) is 0 Å². The molecule has 23 heavy (non-hydrogen) atoms. The summed E-state index contributed by atoms with van der Waals surface area (Å²) in [5.74, 6) is 1.55. The molecule has 3 rings (SSSR count). The Morgan fingerprint density at radius 1 is 1.09 bits per heavy atom. The molecular weight excluding hydrogens is 308 g/mol. The largest absolute Gasteiger partial charge is 0.395 e. The minimum Gasteiger partial charge on any atom is -0.395 e. The zero-order chi connectivity index (χ0) is 15.9. The van der Waals surface area contributed by atoms with Gasteiger partial charge in [0.1, 0.15) is 10.8 Å². The van der Waals surface area contributed by atoms with Crippen LogP contribution < -0.4 is 0 Å². The zero-order valence-corrected chi connectivity index (χ0v) is 14.2. The lowest BCUT2D eigenvalue weighted by atomic mass is 9.89. The van der Waals surface area contributed by atoms with Gasteiger partial charge in [-0.2, -0.15) is 0 Å². The average molecular weight is 332 g/mol. The molecule has 1 fully saturated rings. The second-order valence-corrected chi connectivity index (χ2v) is 7.12. The summed E-state index contributed by atoms with van der Waals surface area (Å²) in [6.07, 6.45) is 12.1. The number of thiazole rings is 1. The van der Waals surface area contributed by atoms with E-state index in [1.807, 2.05) is 24.0 Å². The molecule has 2 heterocycles. The quantitative estimate of drug-likeness (QED) is 0.844. The molecule has 0 radical (unpaired) electrons. The molecule has 5 nitrogen and oxygen atoms in total. The lowest BCUT2D eigenvalue weighted by Gasteiger charge is -2.21. The normalized spacial score (nSPS) is 16.1.